The average Bonchev–Trinajstić information content (AvgIpc) is 2.64. The van der Waals surface area contributed by atoms with Crippen molar-refractivity contribution in [3.05, 3.63) is 47.3 Å². The average molecular weight is 405 g/mol. The van der Waals surface area contributed by atoms with E-state index in [0.29, 0.717) is 35.8 Å². The third kappa shape index (κ3) is 4.67. The molecule has 3 rings (SSSR count). The first-order valence-electron chi connectivity index (χ1n) is 9.24. The van der Waals surface area contributed by atoms with Crippen LogP contribution in [0.15, 0.2) is 35.3 Å². The maximum absolute atomic E-state index is 13.2. The summed E-state index contributed by atoms with van der Waals surface area (Å²) in [5, 5.41) is 5.53. The molecular weight excluding hydrogens is 383 g/mol. The van der Waals surface area contributed by atoms with Gasteiger partial charge in [0.15, 0.2) is 0 Å². The second kappa shape index (κ2) is 8.50. The van der Waals surface area contributed by atoms with Gasteiger partial charge in [0.1, 0.15) is 11.4 Å². The summed E-state index contributed by atoms with van der Waals surface area (Å²) in [5.41, 5.74) is 6.96. The second-order valence-electron chi connectivity index (χ2n) is 6.89. The summed E-state index contributed by atoms with van der Waals surface area (Å²) in [7, 11) is 1.70. The lowest BCUT2D eigenvalue weighted by atomic mass is 9.85. The van der Waals surface area contributed by atoms with Gasteiger partial charge in [-0.15, -0.1) is 0 Å². The molecule has 29 heavy (non-hydrogen) atoms. The number of nitrogens with two attached hydrogens (primary N) is 1. The predicted octanol–water partition coefficient (Wildman–Crippen LogP) is 3.93. The van der Waals surface area contributed by atoms with Crippen molar-refractivity contribution in [1.82, 2.24) is 4.98 Å². The van der Waals surface area contributed by atoms with E-state index < -0.39 is 11.9 Å². The van der Waals surface area contributed by atoms with Crippen molar-refractivity contribution in [3.63, 3.8) is 0 Å². The van der Waals surface area contributed by atoms with Crippen LogP contribution in [0.2, 0.25) is 0 Å². The minimum Gasteiger partial charge on any atom is -0.397 e. The molecule has 1 fully saturated rings. The van der Waals surface area contributed by atoms with Gasteiger partial charge in [-0.25, -0.2) is 4.98 Å². The fraction of sp³-hybridized carbons (Fsp3) is 0.350. The Hall–Kier alpha value is -3.10. The predicted molar refractivity (Wildman–Crippen MR) is 107 cm³/mol. The highest BCUT2D eigenvalue weighted by molar-refractivity contribution is 6.15. The van der Waals surface area contributed by atoms with E-state index in [1.807, 2.05) is 0 Å². The molecule has 0 atom stereocenters. The molecule has 1 amide bonds. The summed E-state index contributed by atoms with van der Waals surface area (Å²) in [5.74, 6) is 0.404. The van der Waals surface area contributed by atoms with E-state index in [4.69, 9.17) is 5.73 Å². The van der Waals surface area contributed by atoms with Gasteiger partial charge in [-0.05, 0) is 43.0 Å². The first kappa shape index (κ1) is 20.6. The van der Waals surface area contributed by atoms with Crippen LogP contribution in [0.4, 0.5) is 30.2 Å². The number of hydrogen-bond acceptors (Lipinski definition) is 5. The van der Waals surface area contributed by atoms with E-state index in [-0.39, 0.29) is 17.1 Å². The molecule has 4 N–H and O–H groups in total. The van der Waals surface area contributed by atoms with Crippen molar-refractivity contribution in [1.29, 1.82) is 0 Å². The molecule has 0 aliphatic heterocycles. The van der Waals surface area contributed by atoms with Gasteiger partial charge in [-0.3, -0.25) is 9.79 Å². The van der Waals surface area contributed by atoms with Crippen molar-refractivity contribution in [2.24, 2.45) is 10.9 Å². The fourth-order valence-corrected chi connectivity index (χ4v) is 3.11. The topological polar surface area (TPSA) is 92.4 Å². The van der Waals surface area contributed by atoms with Crippen LogP contribution in [-0.4, -0.2) is 30.7 Å². The van der Waals surface area contributed by atoms with Gasteiger partial charge in [0, 0.05) is 19.2 Å². The molecule has 0 bridgehead atoms. The maximum atomic E-state index is 13.2. The minimum atomic E-state index is -4.60. The number of benzene rings is 1. The molecule has 2 aromatic rings. The molecule has 154 valence electrons. The third-order valence-corrected chi connectivity index (χ3v) is 4.95. The number of nitrogens with one attached hydrogen (secondary N) is 2. The molecular formula is C20H22F3N5O. The lowest BCUT2D eigenvalue weighted by molar-refractivity contribution is -0.141. The van der Waals surface area contributed by atoms with E-state index in [1.165, 1.54) is 6.07 Å². The highest BCUT2D eigenvalue weighted by atomic mass is 19.4. The fourth-order valence-electron chi connectivity index (χ4n) is 3.11. The number of carbonyl (C=O) groups excluding carboxylic acids is 1. The third-order valence-electron chi connectivity index (χ3n) is 4.95. The second-order valence-corrected chi connectivity index (χ2v) is 6.89. The van der Waals surface area contributed by atoms with Crippen LogP contribution in [0.1, 0.15) is 36.2 Å². The smallest absolute Gasteiger partial charge is 0.397 e. The molecule has 1 aliphatic rings. The standard InChI is InChI=1S/C20H22F3N5O/c1-25-15-7-5-13(9-16(15)27-11-29)18(26-10-12-3-2-4-12)19-14(24)6-8-17(28-19)20(21,22)23/h5-9,11-12,25H,2-4,10,24H2,1H3,(H,27,29). The maximum Gasteiger partial charge on any atom is 0.433 e. The zero-order chi connectivity index (χ0) is 21.0. The van der Waals surface area contributed by atoms with Gasteiger partial charge in [-0.1, -0.05) is 12.5 Å². The van der Waals surface area contributed by atoms with Crippen LogP contribution in [0.3, 0.4) is 0 Å². The van der Waals surface area contributed by atoms with Gasteiger partial charge in [0.25, 0.3) is 0 Å². The first-order chi connectivity index (χ1) is 13.8. The number of aromatic nitrogens is 1. The van der Waals surface area contributed by atoms with E-state index in [9.17, 15) is 18.0 Å². The number of alkyl halides is 3. The van der Waals surface area contributed by atoms with E-state index in [0.717, 1.165) is 25.3 Å². The van der Waals surface area contributed by atoms with Gasteiger partial charge < -0.3 is 16.4 Å². The monoisotopic (exact) mass is 405 g/mol. The number of pyridine rings is 1. The van der Waals surface area contributed by atoms with Gasteiger partial charge >= 0.3 is 6.18 Å². The summed E-state index contributed by atoms with van der Waals surface area (Å²) < 4.78 is 39.6. The largest absolute Gasteiger partial charge is 0.433 e. The summed E-state index contributed by atoms with van der Waals surface area (Å²) in [6.45, 7) is 0.483. The summed E-state index contributed by atoms with van der Waals surface area (Å²) in [6, 6.07) is 7.11. The van der Waals surface area contributed by atoms with Gasteiger partial charge in [0.2, 0.25) is 6.41 Å². The van der Waals surface area contributed by atoms with Crippen LogP contribution in [0.5, 0.6) is 0 Å². The van der Waals surface area contributed by atoms with Crippen molar-refractivity contribution < 1.29 is 18.0 Å². The Morgan fingerprint density at radius 2 is 2.03 bits per heavy atom. The molecule has 1 heterocycles. The van der Waals surface area contributed by atoms with Crippen LogP contribution in [-0.2, 0) is 11.0 Å². The number of hydrogen-bond donors (Lipinski definition) is 3. The number of nitrogens with zero attached hydrogens (tertiary/aromatic N) is 2. The molecule has 1 aromatic heterocycles. The molecule has 6 nitrogen and oxygen atoms in total. The normalized spacial score (nSPS) is 15.0. The zero-order valence-electron chi connectivity index (χ0n) is 15.9. The summed E-state index contributed by atoms with van der Waals surface area (Å²) >= 11 is 0. The molecule has 1 aromatic carbocycles. The number of carbonyl (C=O) groups is 1. The van der Waals surface area contributed by atoms with E-state index in [1.54, 1.807) is 25.2 Å². The number of rotatable bonds is 7. The highest BCUT2D eigenvalue weighted by Crippen LogP contribution is 2.31. The zero-order valence-corrected chi connectivity index (χ0v) is 15.9. The Morgan fingerprint density at radius 3 is 2.62 bits per heavy atom. The van der Waals surface area contributed by atoms with Crippen LogP contribution in [0.25, 0.3) is 0 Å². The molecule has 1 aliphatic carbocycles. The Labute approximate surface area is 166 Å². The van der Waals surface area contributed by atoms with E-state index in [2.05, 4.69) is 20.6 Å². The lowest BCUT2D eigenvalue weighted by Gasteiger charge is -2.24. The quantitative estimate of drug-likeness (QED) is 0.481. The van der Waals surface area contributed by atoms with E-state index >= 15 is 0 Å². The van der Waals surface area contributed by atoms with Crippen molar-refractivity contribution in [2.75, 3.05) is 30.0 Å². The lowest BCUT2D eigenvalue weighted by Crippen LogP contribution is -2.19. The van der Waals surface area contributed by atoms with Crippen LogP contribution in [0, 0.1) is 5.92 Å². The number of anilines is 3. The highest BCUT2D eigenvalue weighted by Gasteiger charge is 2.33. The molecule has 0 radical (unpaired) electrons. The van der Waals surface area contributed by atoms with Gasteiger partial charge in [-0.2, -0.15) is 13.2 Å². The molecule has 0 saturated heterocycles. The number of aliphatic imine (C=N–C) groups is 1. The Morgan fingerprint density at radius 1 is 1.28 bits per heavy atom. The SMILES string of the molecule is CNc1ccc(C(=NCC2CCC2)c2nc(C(F)(F)F)ccc2N)cc1NC=O. The number of halogens is 3. The summed E-state index contributed by atoms with van der Waals surface area (Å²) in [6.07, 6.45) is -0.856. The van der Waals surface area contributed by atoms with Crippen LogP contribution >= 0.6 is 0 Å². The molecule has 9 heteroatoms. The minimum absolute atomic E-state index is 0.0200. The molecule has 1 saturated carbocycles. The van der Waals surface area contributed by atoms with Crippen LogP contribution < -0.4 is 16.4 Å². The van der Waals surface area contributed by atoms with Crippen molar-refractivity contribution in [2.45, 2.75) is 25.4 Å². The van der Waals surface area contributed by atoms with Gasteiger partial charge in [0.05, 0.1) is 22.8 Å². The number of nitrogen functional groups attached to an aromatic ring is 1. The first-order valence-corrected chi connectivity index (χ1v) is 9.24. The Kier molecular flexibility index (Phi) is 6.05. The summed E-state index contributed by atoms with van der Waals surface area (Å²) in [4.78, 5) is 19.3. The Bertz CT molecular complexity index is 923. The molecule has 0 unspecified atom stereocenters. The Balaban J connectivity index is 2.11. The number of amides is 1. The van der Waals surface area contributed by atoms with Crippen molar-refractivity contribution in [3.8, 4) is 0 Å². The van der Waals surface area contributed by atoms with Crippen molar-refractivity contribution >= 4 is 29.2 Å². The molecule has 0 spiro atoms.